The van der Waals surface area contributed by atoms with Gasteiger partial charge in [-0.05, 0) is 55.7 Å². The molecular weight excluding hydrogens is 500 g/mol. The van der Waals surface area contributed by atoms with Crippen LogP contribution in [0.3, 0.4) is 0 Å². The highest BCUT2D eigenvalue weighted by atomic mass is 17.2. The van der Waals surface area contributed by atoms with Crippen LogP contribution in [0.2, 0.25) is 0 Å². The number of aliphatic carboxylic acids is 2. The van der Waals surface area contributed by atoms with Crippen LogP contribution in [0.1, 0.15) is 25.0 Å². The van der Waals surface area contributed by atoms with Crippen molar-refractivity contribution in [1.82, 2.24) is 5.48 Å². The van der Waals surface area contributed by atoms with Crippen molar-refractivity contribution in [3.8, 4) is 11.5 Å². The topological polar surface area (TPSA) is 195 Å². The summed E-state index contributed by atoms with van der Waals surface area (Å²) >= 11 is 0. The molecule has 0 aliphatic carbocycles. The third kappa shape index (κ3) is 11.8. The molecule has 0 aromatic heterocycles. The smallest absolute Gasteiger partial charge is 0.381 e. The van der Waals surface area contributed by atoms with E-state index in [1.165, 1.54) is 26.0 Å². The average molecular weight is 531 g/mol. The molecule has 2 aromatic carbocycles. The Kier molecular flexibility index (Phi) is 12.7. The molecule has 2 atom stereocenters. The number of aromatic hydroxyl groups is 1. The van der Waals surface area contributed by atoms with E-state index in [0.29, 0.717) is 11.3 Å². The standard InChI is InChI=1S/2C13H15NO5/c1-8(2)13(17)19-18-10-5-3-9(4-6-10)7-11(14)12(15)16;1-8(2)13(18)19-14-11(12(16)17)7-9-3-5-10(15)6-4-9/h3-6,11H,1,7,14H2,2H3,(H,15,16);3-6,11,14-15H,1,7H2,2H3,(H,16,17)/t2*11-/m00/s1. The van der Waals surface area contributed by atoms with Gasteiger partial charge in [-0.3, -0.25) is 14.5 Å². The Morgan fingerprint density at radius 2 is 1.34 bits per heavy atom. The maximum absolute atomic E-state index is 11.2. The number of rotatable bonds is 12. The largest absolute Gasteiger partial charge is 0.508 e. The van der Waals surface area contributed by atoms with Gasteiger partial charge in [-0.25, -0.2) is 14.5 Å². The number of nitrogens with two attached hydrogens (primary N) is 1. The minimum atomic E-state index is -1.15. The number of phenolic OH excluding ortho intramolecular Hbond substituents is 1. The first-order chi connectivity index (χ1) is 17.8. The fourth-order valence-corrected chi connectivity index (χ4v) is 2.44. The number of hydroxylamine groups is 1. The van der Waals surface area contributed by atoms with Gasteiger partial charge in [-0.1, -0.05) is 37.4 Å². The average Bonchev–Trinajstić information content (AvgIpc) is 2.86. The predicted octanol–water partition coefficient (Wildman–Crippen LogP) is 2.07. The zero-order chi connectivity index (χ0) is 28.8. The summed E-state index contributed by atoms with van der Waals surface area (Å²) in [5.41, 5.74) is 9.42. The van der Waals surface area contributed by atoms with Crippen LogP contribution in [0.15, 0.2) is 72.8 Å². The number of carbonyl (C=O) groups is 4. The van der Waals surface area contributed by atoms with Crippen molar-refractivity contribution < 1.29 is 49.1 Å². The summed E-state index contributed by atoms with van der Waals surface area (Å²) in [6.45, 7) is 9.75. The van der Waals surface area contributed by atoms with Crippen LogP contribution >= 0.6 is 0 Å². The molecule has 0 fully saturated rings. The van der Waals surface area contributed by atoms with Crippen molar-refractivity contribution in [2.45, 2.75) is 38.8 Å². The van der Waals surface area contributed by atoms with Gasteiger partial charge in [0.05, 0.1) is 0 Å². The molecule has 12 heteroatoms. The van der Waals surface area contributed by atoms with E-state index in [1.807, 2.05) is 0 Å². The van der Waals surface area contributed by atoms with E-state index < -0.39 is 36.0 Å². The third-order valence-corrected chi connectivity index (χ3v) is 4.57. The van der Waals surface area contributed by atoms with E-state index in [4.69, 9.17) is 25.9 Å². The second kappa shape index (κ2) is 15.4. The Morgan fingerprint density at radius 1 is 0.842 bits per heavy atom. The number of carboxylic acids is 2. The number of benzene rings is 2. The SMILES string of the molecule is C=C(C)C(=O)ON[C@@H](Cc1ccc(O)cc1)C(=O)O.C=C(C)C(=O)OOc1ccc(C[C@H](N)C(=O)O)cc1. The van der Waals surface area contributed by atoms with Crippen molar-refractivity contribution in [3.05, 3.63) is 84.0 Å². The van der Waals surface area contributed by atoms with Gasteiger partial charge < -0.3 is 25.9 Å². The Hall–Kier alpha value is -4.68. The molecule has 0 heterocycles. The number of hydrogen-bond acceptors (Lipinski definition) is 10. The van der Waals surface area contributed by atoms with Gasteiger partial charge in [0.15, 0.2) is 5.75 Å². The first-order valence-corrected chi connectivity index (χ1v) is 11.0. The quantitative estimate of drug-likeness (QED) is 0.152. The number of hydrogen-bond donors (Lipinski definition) is 5. The van der Waals surface area contributed by atoms with Crippen LogP contribution in [-0.4, -0.2) is 51.3 Å². The van der Waals surface area contributed by atoms with Gasteiger partial charge in [0.1, 0.15) is 17.8 Å². The molecule has 0 unspecified atom stereocenters. The fraction of sp³-hybridized carbons (Fsp3) is 0.231. The molecule has 2 rings (SSSR count). The maximum Gasteiger partial charge on any atom is 0.381 e. The Balaban J connectivity index is 0.000000380. The van der Waals surface area contributed by atoms with Gasteiger partial charge in [0, 0.05) is 17.6 Å². The van der Waals surface area contributed by atoms with Crippen LogP contribution in [0.25, 0.3) is 0 Å². The summed E-state index contributed by atoms with van der Waals surface area (Å²) in [5, 5.41) is 26.8. The molecule has 0 saturated carbocycles. The summed E-state index contributed by atoms with van der Waals surface area (Å²) in [6, 6.07) is 10.5. The van der Waals surface area contributed by atoms with E-state index in [0.717, 1.165) is 5.56 Å². The summed E-state index contributed by atoms with van der Waals surface area (Å²) in [7, 11) is 0. The van der Waals surface area contributed by atoms with Gasteiger partial charge in [0.2, 0.25) is 0 Å². The first-order valence-electron chi connectivity index (χ1n) is 11.0. The lowest BCUT2D eigenvalue weighted by molar-refractivity contribution is -0.208. The van der Waals surface area contributed by atoms with Crippen LogP contribution in [-0.2, 0) is 41.7 Å². The highest BCUT2D eigenvalue weighted by Gasteiger charge is 2.20. The lowest BCUT2D eigenvalue weighted by Crippen LogP contribution is -2.40. The second-order valence-corrected chi connectivity index (χ2v) is 8.08. The summed E-state index contributed by atoms with van der Waals surface area (Å²) < 4.78 is 0. The minimum absolute atomic E-state index is 0.0947. The molecule has 12 nitrogen and oxygen atoms in total. The minimum Gasteiger partial charge on any atom is -0.508 e. The summed E-state index contributed by atoms with van der Waals surface area (Å²) in [4.78, 5) is 57.7. The van der Waals surface area contributed by atoms with Gasteiger partial charge in [-0.2, -0.15) is 0 Å². The Bertz CT molecular complexity index is 1140. The molecule has 0 aliphatic rings. The number of carboxylic acid groups (broad SMARTS) is 2. The monoisotopic (exact) mass is 530 g/mol. The molecular formula is C26H30N2O10. The first kappa shape index (κ1) is 31.4. The molecule has 38 heavy (non-hydrogen) atoms. The molecule has 0 amide bonds. The molecule has 0 aliphatic heterocycles. The highest BCUT2D eigenvalue weighted by molar-refractivity contribution is 5.87. The summed E-state index contributed by atoms with van der Waals surface area (Å²) in [6.07, 6.45) is 0.320. The number of nitrogens with one attached hydrogen (secondary N) is 1. The van der Waals surface area contributed by atoms with Crippen molar-refractivity contribution in [2.75, 3.05) is 0 Å². The molecule has 204 valence electrons. The predicted molar refractivity (Wildman–Crippen MR) is 135 cm³/mol. The molecule has 2 aromatic rings. The van der Waals surface area contributed by atoms with Crippen molar-refractivity contribution in [3.63, 3.8) is 0 Å². The third-order valence-electron chi connectivity index (χ3n) is 4.57. The van der Waals surface area contributed by atoms with E-state index in [2.05, 4.69) is 28.4 Å². The van der Waals surface area contributed by atoms with Gasteiger partial charge in [-0.15, -0.1) is 5.48 Å². The lowest BCUT2D eigenvalue weighted by Gasteiger charge is -2.14. The van der Waals surface area contributed by atoms with Gasteiger partial charge in [0.25, 0.3) is 0 Å². The zero-order valence-corrected chi connectivity index (χ0v) is 20.9. The molecule has 0 bridgehead atoms. The van der Waals surface area contributed by atoms with Gasteiger partial charge >= 0.3 is 23.9 Å². The molecule has 0 saturated heterocycles. The fourth-order valence-electron chi connectivity index (χ4n) is 2.44. The van der Waals surface area contributed by atoms with Crippen LogP contribution < -0.4 is 16.1 Å². The molecule has 0 radical (unpaired) electrons. The second-order valence-electron chi connectivity index (χ2n) is 8.08. The number of phenols is 1. The lowest BCUT2D eigenvalue weighted by atomic mass is 10.1. The molecule has 0 spiro atoms. The van der Waals surface area contributed by atoms with Crippen LogP contribution in [0.5, 0.6) is 11.5 Å². The Morgan fingerprint density at radius 3 is 1.82 bits per heavy atom. The normalized spacial score (nSPS) is 11.6. The van der Waals surface area contributed by atoms with Crippen LogP contribution in [0, 0.1) is 0 Å². The van der Waals surface area contributed by atoms with Crippen LogP contribution in [0.4, 0.5) is 0 Å². The summed E-state index contributed by atoms with van der Waals surface area (Å²) in [5.74, 6) is -3.16. The van der Waals surface area contributed by atoms with Crippen molar-refractivity contribution in [2.24, 2.45) is 5.73 Å². The van der Waals surface area contributed by atoms with E-state index in [-0.39, 0.29) is 29.7 Å². The van der Waals surface area contributed by atoms with E-state index in [1.54, 1.807) is 36.4 Å². The Labute approximate surface area is 218 Å². The highest BCUT2D eigenvalue weighted by Crippen LogP contribution is 2.14. The number of carbonyl (C=O) groups excluding carboxylic acids is 2. The van der Waals surface area contributed by atoms with E-state index >= 15 is 0 Å². The van der Waals surface area contributed by atoms with Crippen molar-refractivity contribution in [1.29, 1.82) is 0 Å². The molecule has 6 N–H and O–H groups in total. The van der Waals surface area contributed by atoms with E-state index in [9.17, 15) is 19.2 Å². The zero-order valence-electron chi connectivity index (χ0n) is 20.9. The van der Waals surface area contributed by atoms with Crippen molar-refractivity contribution >= 4 is 23.9 Å². The maximum atomic E-state index is 11.2.